The third-order valence-corrected chi connectivity index (χ3v) is 8.83. The molecule has 3 aromatic rings. The summed E-state index contributed by atoms with van der Waals surface area (Å²) in [4.78, 5) is 29.3. The quantitative estimate of drug-likeness (QED) is 0.299. The molecule has 2 amide bonds. The van der Waals surface area contributed by atoms with Gasteiger partial charge in [-0.15, -0.1) is 0 Å². The van der Waals surface area contributed by atoms with Crippen LogP contribution in [-0.4, -0.2) is 56.8 Å². The molecule has 2 unspecified atom stereocenters. The molecule has 0 spiro atoms. The standard InChI is InChI=1S/C30H33Cl2N3O6S/c1-4-20(2)33-30(37)26(15-21-9-6-5-7-10-21)34(17-23-24(31)11-8-12-25(23)32)29(36)18-35(42(3,38)39)22-13-14-27-28(16-22)41-19-40-27/h5-14,16,20,26H,4,15,17-19H2,1-3H3,(H,33,37). The van der Waals surface area contributed by atoms with Gasteiger partial charge < -0.3 is 19.7 Å². The summed E-state index contributed by atoms with van der Waals surface area (Å²) in [7, 11) is -3.94. The van der Waals surface area contributed by atoms with E-state index in [9.17, 15) is 18.0 Å². The number of anilines is 1. The zero-order valence-corrected chi connectivity index (χ0v) is 25.9. The molecule has 4 rings (SSSR count). The number of carbonyl (C=O) groups is 2. The summed E-state index contributed by atoms with van der Waals surface area (Å²) in [5, 5.41) is 3.62. The highest BCUT2D eigenvalue weighted by atomic mass is 35.5. The Morgan fingerprint density at radius 1 is 0.976 bits per heavy atom. The van der Waals surface area contributed by atoms with Crippen LogP contribution in [0.3, 0.4) is 0 Å². The van der Waals surface area contributed by atoms with Gasteiger partial charge in [-0.05, 0) is 43.2 Å². The van der Waals surface area contributed by atoms with E-state index in [-0.39, 0.29) is 37.4 Å². The van der Waals surface area contributed by atoms with E-state index < -0.39 is 28.5 Å². The highest BCUT2D eigenvalue weighted by molar-refractivity contribution is 7.92. The van der Waals surface area contributed by atoms with Crippen LogP contribution < -0.4 is 19.1 Å². The van der Waals surface area contributed by atoms with Crippen LogP contribution in [0.25, 0.3) is 0 Å². The second kappa shape index (κ2) is 13.7. The number of rotatable bonds is 12. The smallest absolute Gasteiger partial charge is 0.244 e. The van der Waals surface area contributed by atoms with Crippen LogP contribution in [0.2, 0.25) is 10.0 Å². The van der Waals surface area contributed by atoms with Gasteiger partial charge in [-0.25, -0.2) is 8.42 Å². The van der Waals surface area contributed by atoms with E-state index >= 15 is 0 Å². The number of benzene rings is 3. The SMILES string of the molecule is CCC(C)NC(=O)C(Cc1ccccc1)N(Cc1c(Cl)cccc1Cl)C(=O)CN(c1ccc2c(c1)OCO2)S(C)(=O)=O. The zero-order chi connectivity index (χ0) is 30.4. The summed E-state index contributed by atoms with van der Waals surface area (Å²) < 4.78 is 37.7. The number of carbonyl (C=O) groups excluding carboxylic acids is 2. The van der Waals surface area contributed by atoms with E-state index in [0.717, 1.165) is 16.1 Å². The van der Waals surface area contributed by atoms with E-state index in [1.165, 1.54) is 17.0 Å². The fourth-order valence-electron chi connectivity index (χ4n) is 4.50. The lowest BCUT2D eigenvalue weighted by atomic mass is 10.0. The van der Waals surface area contributed by atoms with Crippen molar-refractivity contribution in [2.45, 2.75) is 45.3 Å². The number of amides is 2. The van der Waals surface area contributed by atoms with E-state index in [1.807, 2.05) is 44.2 Å². The predicted octanol–water partition coefficient (Wildman–Crippen LogP) is 5.04. The Morgan fingerprint density at radius 3 is 2.29 bits per heavy atom. The van der Waals surface area contributed by atoms with Crippen molar-refractivity contribution in [3.8, 4) is 11.5 Å². The largest absolute Gasteiger partial charge is 0.454 e. The summed E-state index contributed by atoms with van der Waals surface area (Å²) in [5.41, 5.74) is 1.48. The summed E-state index contributed by atoms with van der Waals surface area (Å²) in [5.74, 6) is -0.158. The number of ether oxygens (including phenoxy) is 2. The molecule has 224 valence electrons. The molecule has 1 aliphatic heterocycles. The lowest BCUT2D eigenvalue weighted by Gasteiger charge is -2.34. The van der Waals surface area contributed by atoms with Crippen molar-refractivity contribution < 1.29 is 27.5 Å². The highest BCUT2D eigenvalue weighted by Crippen LogP contribution is 2.36. The van der Waals surface area contributed by atoms with Crippen LogP contribution in [-0.2, 0) is 32.6 Å². The second-order valence-electron chi connectivity index (χ2n) is 10.1. The second-order valence-corrected chi connectivity index (χ2v) is 12.8. The maximum Gasteiger partial charge on any atom is 0.244 e. The number of sulfonamides is 1. The van der Waals surface area contributed by atoms with Gasteiger partial charge in [-0.3, -0.25) is 13.9 Å². The first kappa shape index (κ1) is 31.5. The first-order valence-electron chi connectivity index (χ1n) is 13.4. The third kappa shape index (κ3) is 7.67. The molecule has 0 fully saturated rings. The molecule has 9 nitrogen and oxygen atoms in total. The Kier molecular flexibility index (Phi) is 10.2. The fraction of sp³-hybridized carbons (Fsp3) is 0.333. The van der Waals surface area contributed by atoms with Crippen LogP contribution in [0.15, 0.2) is 66.7 Å². The van der Waals surface area contributed by atoms with Crippen LogP contribution in [0.5, 0.6) is 11.5 Å². The minimum absolute atomic E-state index is 0.00935. The van der Waals surface area contributed by atoms with Gasteiger partial charge in [0.2, 0.25) is 28.6 Å². The van der Waals surface area contributed by atoms with Crippen LogP contribution >= 0.6 is 23.2 Å². The molecule has 2 atom stereocenters. The Bertz CT molecular complexity index is 1520. The van der Waals surface area contributed by atoms with Crippen molar-refractivity contribution in [2.24, 2.45) is 0 Å². The summed E-state index contributed by atoms with van der Waals surface area (Å²) in [6, 6.07) is 17.7. The highest BCUT2D eigenvalue weighted by Gasteiger charge is 2.34. The topological polar surface area (TPSA) is 105 Å². The van der Waals surface area contributed by atoms with Gasteiger partial charge in [0.05, 0.1) is 11.9 Å². The average molecular weight is 635 g/mol. The molecule has 0 bridgehead atoms. The molecule has 0 radical (unpaired) electrons. The van der Waals surface area contributed by atoms with Crippen molar-refractivity contribution in [1.29, 1.82) is 0 Å². The molecule has 1 N–H and O–H groups in total. The molecule has 0 saturated heterocycles. The Balaban J connectivity index is 1.77. The number of nitrogens with zero attached hydrogens (tertiary/aromatic N) is 2. The number of hydrogen-bond acceptors (Lipinski definition) is 6. The maximum atomic E-state index is 14.2. The summed E-state index contributed by atoms with van der Waals surface area (Å²) >= 11 is 13.0. The van der Waals surface area contributed by atoms with Crippen molar-refractivity contribution >= 4 is 50.7 Å². The van der Waals surface area contributed by atoms with E-state index in [1.54, 1.807) is 24.3 Å². The number of fused-ring (bicyclic) bond motifs is 1. The lowest BCUT2D eigenvalue weighted by molar-refractivity contribution is -0.140. The monoisotopic (exact) mass is 633 g/mol. The van der Waals surface area contributed by atoms with E-state index in [0.29, 0.717) is 33.5 Å². The van der Waals surface area contributed by atoms with E-state index in [2.05, 4.69) is 5.32 Å². The number of hydrogen-bond donors (Lipinski definition) is 1. The molecule has 0 aliphatic carbocycles. The molecule has 42 heavy (non-hydrogen) atoms. The molecule has 0 aromatic heterocycles. The van der Waals surface area contributed by atoms with Gasteiger partial charge in [-0.2, -0.15) is 0 Å². The summed E-state index contributed by atoms with van der Waals surface area (Å²) in [6.07, 6.45) is 1.87. The van der Waals surface area contributed by atoms with Gasteiger partial charge in [0, 0.05) is 40.7 Å². The minimum Gasteiger partial charge on any atom is -0.454 e. The van der Waals surface area contributed by atoms with Crippen LogP contribution in [0, 0.1) is 0 Å². The molecule has 1 heterocycles. The van der Waals surface area contributed by atoms with Gasteiger partial charge in [0.15, 0.2) is 11.5 Å². The predicted molar refractivity (Wildman–Crippen MR) is 164 cm³/mol. The van der Waals surface area contributed by atoms with Gasteiger partial charge >= 0.3 is 0 Å². The van der Waals surface area contributed by atoms with Crippen LogP contribution in [0.1, 0.15) is 31.4 Å². The first-order chi connectivity index (χ1) is 20.0. The third-order valence-electron chi connectivity index (χ3n) is 6.99. The van der Waals surface area contributed by atoms with Gasteiger partial charge in [-0.1, -0.05) is 66.5 Å². The van der Waals surface area contributed by atoms with Crippen LogP contribution in [0.4, 0.5) is 5.69 Å². The van der Waals surface area contributed by atoms with E-state index in [4.69, 9.17) is 32.7 Å². The normalized spacial score (nSPS) is 13.7. The van der Waals surface area contributed by atoms with Crippen molar-refractivity contribution in [3.05, 3.63) is 87.9 Å². The molecular weight excluding hydrogens is 601 g/mol. The average Bonchev–Trinajstić information content (AvgIpc) is 3.42. The number of halogens is 2. The molecule has 1 aliphatic rings. The molecular formula is C30H33Cl2N3O6S. The van der Waals surface area contributed by atoms with Crippen molar-refractivity contribution in [2.75, 3.05) is 23.9 Å². The number of nitrogens with one attached hydrogen (secondary N) is 1. The lowest BCUT2D eigenvalue weighted by Crippen LogP contribution is -2.54. The van der Waals surface area contributed by atoms with Gasteiger partial charge in [0.25, 0.3) is 0 Å². The maximum absolute atomic E-state index is 14.2. The minimum atomic E-state index is -3.94. The zero-order valence-electron chi connectivity index (χ0n) is 23.5. The first-order valence-corrected chi connectivity index (χ1v) is 16.0. The Morgan fingerprint density at radius 2 is 1.64 bits per heavy atom. The fourth-order valence-corrected chi connectivity index (χ4v) is 5.86. The van der Waals surface area contributed by atoms with Crippen molar-refractivity contribution in [1.82, 2.24) is 10.2 Å². The Labute approximate surface area is 256 Å². The molecule has 12 heteroatoms. The van der Waals surface area contributed by atoms with Crippen molar-refractivity contribution in [3.63, 3.8) is 0 Å². The summed E-state index contributed by atoms with van der Waals surface area (Å²) in [6.45, 7) is 3.12. The Hall–Kier alpha value is -3.47. The molecule has 3 aromatic carbocycles. The van der Waals surface area contributed by atoms with Gasteiger partial charge in [0.1, 0.15) is 12.6 Å². The molecule has 0 saturated carbocycles.